The third-order valence-electron chi connectivity index (χ3n) is 3.69. The van der Waals surface area contributed by atoms with Crippen LogP contribution < -0.4 is 10.9 Å². The molecule has 0 saturated carbocycles. The zero-order valence-electron chi connectivity index (χ0n) is 14.0. The van der Waals surface area contributed by atoms with Gasteiger partial charge in [-0.15, -0.1) is 0 Å². The highest BCUT2D eigenvalue weighted by molar-refractivity contribution is 6.30. The van der Waals surface area contributed by atoms with Crippen LogP contribution in [0.4, 0.5) is 10.1 Å². The highest BCUT2D eigenvalue weighted by Gasteiger charge is 2.18. The molecule has 1 amide bonds. The normalized spacial score (nSPS) is 10.6. The number of anilines is 1. The average molecular weight is 390 g/mol. The van der Waals surface area contributed by atoms with E-state index in [0.29, 0.717) is 10.8 Å². The minimum atomic E-state index is -0.886. The summed E-state index contributed by atoms with van der Waals surface area (Å²) in [6.45, 7) is -0.663. The van der Waals surface area contributed by atoms with Crippen LogP contribution in [0.2, 0.25) is 5.02 Å². The number of benzene rings is 2. The third kappa shape index (κ3) is 3.95. The van der Waals surface area contributed by atoms with E-state index in [1.165, 1.54) is 19.2 Å². The van der Waals surface area contributed by atoms with Crippen LogP contribution in [0.15, 0.2) is 47.3 Å². The van der Waals surface area contributed by atoms with Gasteiger partial charge in [-0.05, 0) is 24.3 Å². The number of aryl methyl sites for hydroxylation is 1. The van der Waals surface area contributed by atoms with Crippen LogP contribution in [-0.2, 0) is 16.6 Å². The Labute approximate surface area is 157 Å². The van der Waals surface area contributed by atoms with E-state index >= 15 is 0 Å². The zero-order valence-corrected chi connectivity index (χ0v) is 14.8. The number of nitrogens with zero attached hydrogens (tertiary/aromatic N) is 2. The highest BCUT2D eigenvalue weighted by atomic mass is 35.5. The summed E-state index contributed by atoms with van der Waals surface area (Å²) in [6, 6.07) is 10.1. The average Bonchev–Trinajstić information content (AvgIpc) is 2.65. The van der Waals surface area contributed by atoms with Gasteiger partial charge in [-0.1, -0.05) is 29.8 Å². The molecule has 0 radical (unpaired) electrons. The molecule has 0 atom stereocenters. The van der Waals surface area contributed by atoms with Crippen molar-refractivity contribution in [2.75, 3.05) is 11.9 Å². The summed E-state index contributed by atoms with van der Waals surface area (Å²) in [5.41, 5.74) is -0.597. The molecule has 9 heteroatoms. The van der Waals surface area contributed by atoms with E-state index < -0.39 is 24.3 Å². The summed E-state index contributed by atoms with van der Waals surface area (Å²) >= 11 is 5.75. The van der Waals surface area contributed by atoms with Crippen LogP contribution in [0.25, 0.3) is 10.8 Å². The molecule has 0 aliphatic carbocycles. The van der Waals surface area contributed by atoms with Gasteiger partial charge in [-0.2, -0.15) is 5.10 Å². The SMILES string of the molecule is Cn1nc(C(=O)OCC(=O)Nc2cc(Cl)ccc2F)c2ccccc2c1=O. The molecular formula is C18H13ClFN3O4. The predicted octanol–water partition coefficient (Wildman–Crippen LogP) is 2.52. The molecule has 3 aromatic rings. The number of rotatable bonds is 4. The first kappa shape index (κ1) is 18.5. The predicted molar refractivity (Wildman–Crippen MR) is 97.3 cm³/mol. The lowest BCUT2D eigenvalue weighted by molar-refractivity contribution is -0.119. The number of halogens is 2. The lowest BCUT2D eigenvalue weighted by atomic mass is 10.1. The van der Waals surface area contributed by atoms with Crippen molar-refractivity contribution in [3.05, 3.63) is 69.4 Å². The fourth-order valence-electron chi connectivity index (χ4n) is 2.43. The number of carbonyl (C=O) groups is 2. The second kappa shape index (κ2) is 7.55. The van der Waals surface area contributed by atoms with Crippen LogP contribution in [0.1, 0.15) is 10.5 Å². The number of aromatic nitrogens is 2. The van der Waals surface area contributed by atoms with Crippen molar-refractivity contribution < 1.29 is 18.7 Å². The fourth-order valence-corrected chi connectivity index (χ4v) is 2.60. The Morgan fingerprint density at radius 1 is 1.22 bits per heavy atom. The van der Waals surface area contributed by atoms with Crippen molar-refractivity contribution in [2.45, 2.75) is 0 Å². The lowest BCUT2D eigenvalue weighted by Gasteiger charge is -2.09. The number of hydrogen-bond donors (Lipinski definition) is 1. The van der Waals surface area contributed by atoms with E-state index in [-0.39, 0.29) is 22.0 Å². The summed E-state index contributed by atoms with van der Waals surface area (Å²) in [5.74, 6) is -2.31. The number of amides is 1. The van der Waals surface area contributed by atoms with E-state index in [9.17, 15) is 18.8 Å². The maximum Gasteiger partial charge on any atom is 0.359 e. The van der Waals surface area contributed by atoms with Gasteiger partial charge < -0.3 is 10.1 Å². The van der Waals surface area contributed by atoms with Crippen LogP contribution in [0.5, 0.6) is 0 Å². The lowest BCUT2D eigenvalue weighted by Crippen LogP contribution is -2.26. The number of nitrogens with one attached hydrogen (secondary N) is 1. The van der Waals surface area contributed by atoms with Crippen molar-refractivity contribution in [1.29, 1.82) is 0 Å². The van der Waals surface area contributed by atoms with Gasteiger partial charge in [0.1, 0.15) is 5.82 Å². The van der Waals surface area contributed by atoms with E-state index in [1.54, 1.807) is 24.3 Å². The Balaban J connectivity index is 1.76. The minimum absolute atomic E-state index is 0.102. The van der Waals surface area contributed by atoms with Gasteiger partial charge in [-0.25, -0.2) is 13.9 Å². The smallest absolute Gasteiger partial charge is 0.359 e. The van der Waals surface area contributed by atoms with Gasteiger partial charge in [0.15, 0.2) is 12.3 Å². The quantitative estimate of drug-likeness (QED) is 0.692. The van der Waals surface area contributed by atoms with Crippen molar-refractivity contribution in [3.8, 4) is 0 Å². The van der Waals surface area contributed by atoms with Crippen molar-refractivity contribution in [1.82, 2.24) is 9.78 Å². The van der Waals surface area contributed by atoms with E-state index in [1.807, 2.05) is 0 Å². The van der Waals surface area contributed by atoms with Gasteiger partial charge >= 0.3 is 5.97 Å². The molecule has 0 aliphatic rings. The van der Waals surface area contributed by atoms with Crippen molar-refractivity contribution in [3.63, 3.8) is 0 Å². The molecule has 1 N–H and O–H groups in total. The second-order valence-corrected chi connectivity index (χ2v) is 6.01. The Morgan fingerprint density at radius 3 is 2.67 bits per heavy atom. The van der Waals surface area contributed by atoms with Crippen LogP contribution in [0.3, 0.4) is 0 Å². The van der Waals surface area contributed by atoms with Gasteiger partial charge in [-0.3, -0.25) is 9.59 Å². The topological polar surface area (TPSA) is 90.3 Å². The van der Waals surface area contributed by atoms with Crippen molar-refractivity contribution in [2.24, 2.45) is 7.05 Å². The fraction of sp³-hybridized carbons (Fsp3) is 0.111. The number of esters is 1. The first-order valence-corrected chi connectivity index (χ1v) is 8.12. The summed E-state index contributed by atoms with van der Waals surface area (Å²) in [6.07, 6.45) is 0. The van der Waals surface area contributed by atoms with E-state index in [2.05, 4.69) is 10.4 Å². The molecule has 0 fully saturated rings. The molecular weight excluding hydrogens is 377 g/mol. The Morgan fingerprint density at radius 2 is 1.93 bits per heavy atom. The molecule has 0 saturated heterocycles. The molecule has 0 aliphatic heterocycles. The monoisotopic (exact) mass is 389 g/mol. The number of ether oxygens (including phenoxy) is 1. The van der Waals surface area contributed by atoms with Gasteiger partial charge in [0.05, 0.1) is 11.1 Å². The minimum Gasteiger partial charge on any atom is -0.451 e. The van der Waals surface area contributed by atoms with Crippen LogP contribution >= 0.6 is 11.6 Å². The Hall–Kier alpha value is -3.26. The van der Waals surface area contributed by atoms with Gasteiger partial charge in [0.2, 0.25) is 0 Å². The third-order valence-corrected chi connectivity index (χ3v) is 3.92. The molecule has 138 valence electrons. The van der Waals surface area contributed by atoms with E-state index in [4.69, 9.17) is 16.3 Å². The Kier molecular flexibility index (Phi) is 5.18. The maximum atomic E-state index is 13.6. The molecule has 1 aromatic heterocycles. The molecule has 7 nitrogen and oxygen atoms in total. The summed E-state index contributed by atoms with van der Waals surface area (Å²) in [5, 5.41) is 7.02. The molecule has 27 heavy (non-hydrogen) atoms. The largest absolute Gasteiger partial charge is 0.451 e. The highest BCUT2D eigenvalue weighted by Crippen LogP contribution is 2.19. The first-order chi connectivity index (χ1) is 12.9. The standard InChI is InChI=1S/C18H13ClFN3O4/c1-23-17(25)12-5-3-2-4-11(12)16(22-23)18(26)27-9-15(24)21-14-8-10(19)6-7-13(14)20/h2-8H,9H2,1H3,(H,21,24). The summed E-state index contributed by atoms with van der Waals surface area (Å²) in [7, 11) is 1.40. The molecule has 0 unspecified atom stereocenters. The molecule has 0 spiro atoms. The first-order valence-electron chi connectivity index (χ1n) is 7.75. The zero-order chi connectivity index (χ0) is 19.6. The summed E-state index contributed by atoms with van der Waals surface area (Å²) < 4.78 is 19.6. The maximum absolute atomic E-state index is 13.6. The van der Waals surface area contributed by atoms with E-state index in [0.717, 1.165) is 10.7 Å². The number of carbonyl (C=O) groups excluding carboxylic acids is 2. The van der Waals surface area contributed by atoms with Gasteiger partial charge in [0.25, 0.3) is 11.5 Å². The summed E-state index contributed by atoms with van der Waals surface area (Å²) in [4.78, 5) is 36.3. The molecule has 3 rings (SSSR count). The molecule has 1 heterocycles. The molecule has 0 bridgehead atoms. The molecule has 2 aromatic carbocycles. The van der Waals surface area contributed by atoms with Crippen LogP contribution in [-0.4, -0.2) is 28.3 Å². The Bertz CT molecular complexity index is 1110. The van der Waals surface area contributed by atoms with Crippen LogP contribution in [0, 0.1) is 5.82 Å². The second-order valence-electron chi connectivity index (χ2n) is 5.57. The number of fused-ring (bicyclic) bond motifs is 1. The van der Waals surface area contributed by atoms with Gasteiger partial charge in [0, 0.05) is 17.5 Å². The van der Waals surface area contributed by atoms with Crippen molar-refractivity contribution >= 4 is 39.9 Å². The number of hydrogen-bond acceptors (Lipinski definition) is 5.